The van der Waals surface area contributed by atoms with Gasteiger partial charge in [-0.25, -0.2) is 12.7 Å². The van der Waals surface area contributed by atoms with E-state index in [1.165, 1.54) is 0 Å². The number of piperidine rings is 1. The van der Waals surface area contributed by atoms with E-state index in [0.717, 1.165) is 25.7 Å². The molecule has 1 heterocycles. The molecule has 0 unspecified atom stereocenters. The van der Waals surface area contributed by atoms with Gasteiger partial charge in [-0.1, -0.05) is 0 Å². The first kappa shape index (κ1) is 11.7. The van der Waals surface area contributed by atoms with E-state index in [0.29, 0.717) is 24.9 Å². The quantitative estimate of drug-likeness (QED) is 0.718. The first-order valence-corrected chi connectivity index (χ1v) is 7.53. The lowest BCUT2D eigenvalue weighted by molar-refractivity contribution is 0.287. The molecule has 1 aliphatic heterocycles. The van der Waals surface area contributed by atoms with Crippen LogP contribution in [0.15, 0.2) is 0 Å². The van der Waals surface area contributed by atoms with Crippen LogP contribution in [0.3, 0.4) is 0 Å². The molecular weight excluding hydrogens is 234 g/mol. The molecule has 1 saturated carbocycles. The summed E-state index contributed by atoms with van der Waals surface area (Å²) >= 11 is 5.78. The van der Waals surface area contributed by atoms with Gasteiger partial charge in [-0.15, -0.1) is 11.6 Å². The third kappa shape index (κ3) is 2.04. The van der Waals surface area contributed by atoms with Crippen molar-refractivity contribution >= 4 is 21.6 Å². The van der Waals surface area contributed by atoms with E-state index in [-0.39, 0.29) is 0 Å². The maximum Gasteiger partial charge on any atom is 0.219 e. The van der Waals surface area contributed by atoms with Gasteiger partial charge in [-0.3, -0.25) is 0 Å². The van der Waals surface area contributed by atoms with Crippen molar-refractivity contribution in [2.45, 2.75) is 37.4 Å². The molecule has 0 aromatic carbocycles. The zero-order valence-corrected chi connectivity index (χ0v) is 10.6. The van der Waals surface area contributed by atoms with Gasteiger partial charge >= 0.3 is 0 Å². The zero-order valence-electron chi connectivity index (χ0n) is 9.08. The minimum atomic E-state index is -3.03. The van der Waals surface area contributed by atoms with Crippen molar-refractivity contribution in [2.75, 3.05) is 19.0 Å². The van der Waals surface area contributed by atoms with Crippen molar-refractivity contribution in [3.63, 3.8) is 0 Å². The van der Waals surface area contributed by atoms with Crippen LogP contribution in [0, 0.1) is 5.92 Å². The Morgan fingerprint density at radius 3 is 2.27 bits per heavy atom. The highest BCUT2D eigenvalue weighted by molar-refractivity contribution is 7.90. The zero-order chi connectivity index (χ0) is 11.1. The number of rotatable bonds is 3. The Balaban J connectivity index is 2.01. The summed E-state index contributed by atoms with van der Waals surface area (Å²) in [4.78, 5) is 0. The SMILES string of the molecule is CC1(S(=O)(=O)N2CCC(CCl)CC2)CC1. The second kappa shape index (κ2) is 3.90. The Bertz CT molecular complexity index is 329. The largest absolute Gasteiger partial charge is 0.219 e. The molecule has 2 fully saturated rings. The van der Waals surface area contributed by atoms with Crippen LogP contribution in [0.5, 0.6) is 0 Å². The molecule has 15 heavy (non-hydrogen) atoms. The molecule has 1 aliphatic carbocycles. The first-order chi connectivity index (χ1) is 6.99. The average Bonchev–Trinajstić information content (AvgIpc) is 2.98. The molecule has 2 rings (SSSR count). The van der Waals surface area contributed by atoms with Gasteiger partial charge in [0.05, 0.1) is 4.75 Å². The number of alkyl halides is 1. The monoisotopic (exact) mass is 251 g/mol. The fourth-order valence-electron chi connectivity index (χ4n) is 2.05. The van der Waals surface area contributed by atoms with E-state index in [1.54, 1.807) is 4.31 Å². The number of halogens is 1. The summed E-state index contributed by atoms with van der Waals surface area (Å²) in [6.45, 7) is 3.18. The molecule has 5 heteroatoms. The van der Waals surface area contributed by atoms with Crippen molar-refractivity contribution < 1.29 is 8.42 Å². The number of hydrogen-bond donors (Lipinski definition) is 0. The summed E-state index contributed by atoms with van der Waals surface area (Å²) in [5, 5.41) is 0. The van der Waals surface area contributed by atoms with E-state index < -0.39 is 14.8 Å². The molecule has 88 valence electrons. The van der Waals surface area contributed by atoms with Crippen LogP contribution in [0.1, 0.15) is 32.6 Å². The summed E-state index contributed by atoms with van der Waals surface area (Å²) < 4.78 is 25.5. The van der Waals surface area contributed by atoms with Crippen molar-refractivity contribution in [1.29, 1.82) is 0 Å². The highest BCUT2D eigenvalue weighted by atomic mass is 35.5. The van der Waals surface area contributed by atoms with Crippen molar-refractivity contribution in [3.05, 3.63) is 0 Å². The molecule has 0 bridgehead atoms. The Kier molecular flexibility index (Phi) is 3.03. The fraction of sp³-hybridized carbons (Fsp3) is 1.00. The topological polar surface area (TPSA) is 37.4 Å². The molecule has 0 atom stereocenters. The lowest BCUT2D eigenvalue weighted by Gasteiger charge is -2.32. The van der Waals surface area contributed by atoms with Crippen LogP contribution in [0.4, 0.5) is 0 Å². The van der Waals surface area contributed by atoms with Gasteiger partial charge in [0.2, 0.25) is 10.0 Å². The van der Waals surface area contributed by atoms with Gasteiger partial charge in [0.15, 0.2) is 0 Å². The van der Waals surface area contributed by atoms with Crippen LogP contribution in [0.25, 0.3) is 0 Å². The molecule has 0 amide bonds. The Morgan fingerprint density at radius 2 is 1.87 bits per heavy atom. The van der Waals surface area contributed by atoms with Crippen LogP contribution < -0.4 is 0 Å². The molecule has 0 N–H and O–H groups in total. The Labute approximate surface area is 96.8 Å². The fourth-order valence-corrected chi connectivity index (χ4v) is 4.29. The third-order valence-corrected chi connectivity index (χ3v) is 6.84. The molecule has 0 aromatic heterocycles. The van der Waals surface area contributed by atoms with Gasteiger partial charge in [0.25, 0.3) is 0 Å². The van der Waals surface area contributed by atoms with E-state index in [4.69, 9.17) is 11.6 Å². The van der Waals surface area contributed by atoms with E-state index >= 15 is 0 Å². The number of hydrogen-bond acceptors (Lipinski definition) is 2. The minimum absolute atomic E-state index is 0.444. The van der Waals surface area contributed by atoms with Crippen LogP contribution >= 0.6 is 11.6 Å². The van der Waals surface area contributed by atoms with Crippen LogP contribution in [-0.2, 0) is 10.0 Å². The maximum absolute atomic E-state index is 12.2. The highest BCUT2D eigenvalue weighted by Gasteiger charge is 2.52. The van der Waals surface area contributed by atoms with Crippen LogP contribution in [-0.4, -0.2) is 36.4 Å². The molecule has 2 aliphatic rings. The Hall–Kier alpha value is 0.200. The van der Waals surface area contributed by atoms with Crippen molar-refractivity contribution in [1.82, 2.24) is 4.31 Å². The molecule has 3 nitrogen and oxygen atoms in total. The second-order valence-electron chi connectivity index (χ2n) is 4.95. The van der Waals surface area contributed by atoms with Gasteiger partial charge in [-0.05, 0) is 38.5 Å². The van der Waals surface area contributed by atoms with E-state index in [1.807, 2.05) is 6.92 Å². The standard InChI is InChI=1S/C10H18ClNO2S/c1-10(4-5-10)15(13,14)12-6-2-9(8-11)3-7-12/h9H,2-8H2,1H3. The van der Waals surface area contributed by atoms with Gasteiger partial charge < -0.3 is 0 Å². The van der Waals surface area contributed by atoms with Gasteiger partial charge in [0.1, 0.15) is 0 Å². The lowest BCUT2D eigenvalue weighted by Crippen LogP contribution is -2.43. The Morgan fingerprint density at radius 1 is 1.33 bits per heavy atom. The predicted molar refractivity (Wildman–Crippen MR) is 61.6 cm³/mol. The summed E-state index contributed by atoms with van der Waals surface area (Å²) in [5.74, 6) is 1.16. The predicted octanol–water partition coefficient (Wildman–Crippen LogP) is 1.82. The molecule has 1 saturated heterocycles. The second-order valence-corrected chi connectivity index (χ2v) is 7.71. The van der Waals surface area contributed by atoms with E-state index in [2.05, 4.69) is 0 Å². The van der Waals surface area contributed by atoms with E-state index in [9.17, 15) is 8.42 Å². The lowest BCUT2D eigenvalue weighted by atomic mass is 10.0. The normalized spacial score (nSPS) is 27.9. The summed E-state index contributed by atoms with van der Waals surface area (Å²) in [6.07, 6.45) is 3.48. The van der Waals surface area contributed by atoms with Gasteiger partial charge in [-0.2, -0.15) is 0 Å². The molecular formula is C10H18ClNO2S. The molecule has 0 aromatic rings. The average molecular weight is 252 g/mol. The van der Waals surface area contributed by atoms with Crippen molar-refractivity contribution in [2.24, 2.45) is 5.92 Å². The van der Waals surface area contributed by atoms with Crippen molar-refractivity contribution in [3.8, 4) is 0 Å². The smallest absolute Gasteiger partial charge is 0.212 e. The summed E-state index contributed by atoms with van der Waals surface area (Å²) in [6, 6.07) is 0. The first-order valence-electron chi connectivity index (χ1n) is 5.55. The van der Waals surface area contributed by atoms with Gasteiger partial charge in [0, 0.05) is 19.0 Å². The summed E-state index contributed by atoms with van der Waals surface area (Å²) in [7, 11) is -3.03. The van der Waals surface area contributed by atoms with Crippen LogP contribution in [0.2, 0.25) is 0 Å². The number of sulfonamides is 1. The highest BCUT2D eigenvalue weighted by Crippen LogP contribution is 2.45. The molecule has 0 spiro atoms. The third-order valence-electron chi connectivity index (χ3n) is 3.71. The molecule has 0 radical (unpaired) electrons. The summed E-state index contributed by atoms with van der Waals surface area (Å²) in [5.41, 5.74) is 0. The maximum atomic E-state index is 12.2. The number of nitrogens with zero attached hydrogens (tertiary/aromatic N) is 1. The minimum Gasteiger partial charge on any atom is -0.212 e.